The Morgan fingerprint density at radius 1 is 1.36 bits per heavy atom. The fraction of sp³-hybridized carbons (Fsp3) is 0.611. The van der Waals surface area contributed by atoms with Crippen molar-refractivity contribution in [3.05, 3.63) is 24.2 Å². The van der Waals surface area contributed by atoms with Crippen LogP contribution in [0, 0.1) is 0 Å². The number of pyridine rings is 1. The standard InChI is InChI=1S/C18H25N5O2/c24-18(20-6-5-15-11-19-7-8-25-15)13-9-16-17(21-10-13)23(12-22-16)14-3-1-2-4-14/h9-10,12,14-15,19H,1-8,11H2,(H,20,24). The molecule has 4 rings (SSSR count). The lowest BCUT2D eigenvalue weighted by molar-refractivity contribution is 0.0239. The second-order valence-corrected chi connectivity index (χ2v) is 6.90. The molecule has 7 nitrogen and oxygen atoms in total. The molecule has 2 aromatic heterocycles. The van der Waals surface area contributed by atoms with Crippen molar-refractivity contribution in [3.8, 4) is 0 Å². The van der Waals surface area contributed by atoms with Gasteiger partial charge in [0, 0.05) is 31.9 Å². The van der Waals surface area contributed by atoms with E-state index >= 15 is 0 Å². The van der Waals surface area contributed by atoms with Crippen LogP contribution in [0.15, 0.2) is 18.6 Å². The number of morpholine rings is 1. The molecule has 2 aliphatic rings. The minimum atomic E-state index is -0.103. The number of aromatic nitrogens is 3. The minimum absolute atomic E-state index is 0.103. The van der Waals surface area contributed by atoms with E-state index in [1.165, 1.54) is 25.7 Å². The molecule has 0 spiro atoms. The fourth-order valence-corrected chi connectivity index (χ4v) is 3.75. The normalized spacial score (nSPS) is 21.7. The molecule has 2 fully saturated rings. The first-order valence-electron chi connectivity index (χ1n) is 9.24. The van der Waals surface area contributed by atoms with E-state index in [1.54, 1.807) is 6.20 Å². The quantitative estimate of drug-likeness (QED) is 0.863. The van der Waals surface area contributed by atoms with Crippen molar-refractivity contribution in [2.75, 3.05) is 26.2 Å². The van der Waals surface area contributed by atoms with Crippen molar-refractivity contribution >= 4 is 17.1 Å². The maximum absolute atomic E-state index is 12.4. The number of fused-ring (bicyclic) bond motifs is 1. The summed E-state index contributed by atoms with van der Waals surface area (Å²) >= 11 is 0. The van der Waals surface area contributed by atoms with Gasteiger partial charge in [0.15, 0.2) is 5.65 Å². The number of nitrogens with zero attached hydrogens (tertiary/aromatic N) is 3. The third kappa shape index (κ3) is 3.67. The Hall–Kier alpha value is -1.99. The Kier molecular flexibility index (Phi) is 4.94. The van der Waals surface area contributed by atoms with E-state index in [-0.39, 0.29) is 12.0 Å². The molecule has 7 heteroatoms. The van der Waals surface area contributed by atoms with E-state index in [0.29, 0.717) is 18.2 Å². The molecule has 25 heavy (non-hydrogen) atoms. The van der Waals surface area contributed by atoms with Crippen molar-refractivity contribution in [1.82, 2.24) is 25.2 Å². The van der Waals surface area contributed by atoms with Crippen LogP contribution >= 0.6 is 0 Å². The molecule has 1 saturated heterocycles. The van der Waals surface area contributed by atoms with Gasteiger partial charge in [0.25, 0.3) is 5.91 Å². The summed E-state index contributed by atoms with van der Waals surface area (Å²) in [6.45, 7) is 3.09. The Morgan fingerprint density at radius 2 is 2.24 bits per heavy atom. The number of nitrogens with one attached hydrogen (secondary N) is 2. The Labute approximate surface area is 147 Å². The van der Waals surface area contributed by atoms with Crippen molar-refractivity contribution in [2.24, 2.45) is 0 Å². The molecular formula is C18H25N5O2. The van der Waals surface area contributed by atoms with Crippen LogP contribution in [-0.2, 0) is 4.74 Å². The number of amides is 1. The number of hydrogen-bond donors (Lipinski definition) is 2. The highest BCUT2D eigenvalue weighted by molar-refractivity contribution is 5.96. The Bertz CT molecular complexity index is 732. The van der Waals surface area contributed by atoms with Gasteiger partial charge in [-0.3, -0.25) is 4.79 Å². The van der Waals surface area contributed by atoms with Crippen molar-refractivity contribution in [1.29, 1.82) is 0 Å². The molecule has 1 aliphatic carbocycles. The van der Waals surface area contributed by atoms with Crippen LogP contribution in [0.1, 0.15) is 48.5 Å². The first-order chi connectivity index (χ1) is 12.3. The van der Waals surface area contributed by atoms with Gasteiger partial charge >= 0.3 is 0 Å². The van der Waals surface area contributed by atoms with Gasteiger partial charge in [-0.15, -0.1) is 0 Å². The second kappa shape index (κ2) is 7.49. The molecule has 2 aromatic rings. The molecule has 1 aliphatic heterocycles. The molecule has 1 atom stereocenters. The van der Waals surface area contributed by atoms with Crippen LogP contribution in [-0.4, -0.2) is 52.8 Å². The summed E-state index contributed by atoms with van der Waals surface area (Å²) in [6, 6.07) is 2.34. The largest absolute Gasteiger partial charge is 0.376 e. The molecule has 134 valence electrons. The van der Waals surface area contributed by atoms with Gasteiger partial charge in [0.05, 0.1) is 24.6 Å². The number of carbonyl (C=O) groups excluding carboxylic acids is 1. The number of carbonyl (C=O) groups is 1. The molecule has 3 heterocycles. The monoisotopic (exact) mass is 343 g/mol. The molecule has 0 radical (unpaired) electrons. The van der Waals surface area contributed by atoms with Gasteiger partial charge in [-0.05, 0) is 25.3 Å². The SMILES string of the molecule is O=C(NCCC1CNCCO1)c1cnc2c(c1)ncn2C1CCCC1. The molecule has 1 amide bonds. The van der Waals surface area contributed by atoms with Crippen LogP contribution in [0.2, 0.25) is 0 Å². The van der Waals surface area contributed by atoms with Gasteiger partial charge in [0.1, 0.15) is 5.52 Å². The lowest BCUT2D eigenvalue weighted by Gasteiger charge is -2.23. The Balaban J connectivity index is 1.38. The van der Waals surface area contributed by atoms with E-state index in [1.807, 2.05) is 12.4 Å². The summed E-state index contributed by atoms with van der Waals surface area (Å²) in [7, 11) is 0. The van der Waals surface area contributed by atoms with Gasteiger partial charge < -0.3 is 19.9 Å². The molecular weight excluding hydrogens is 318 g/mol. The summed E-state index contributed by atoms with van der Waals surface area (Å²) in [5, 5.41) is 6.24. The van der Waals surface area contributed by atoms with E-state index in [2.05, 4.69) is 25.2 Å². The van der Waals surface area contributed by atoms with Gasteiger partial charge in [0.2, 0.25) is 0 Å². The third-order valence-electron chi connectivity index (χ3n) is 5.15. The summed E-state index contributed by atoms with van der Waals surface area (Å²) in [5.74, 6) is -0.103. The molecule has 0 bridgehead atoms. The topological polar surface area (TPSA) is 81.1 Å². The molecule has 1 unspecified atom stereocenters. The van der Waals surface area contributed by atoms with Crippen LogP contribution in [0.25, 0.3) is 11.2 Å². The lowest BCUT2D eigenvalue weighted by Crippen LogP contribution is -2.40. The van der Waals surface area contributed by atoms with Crippen molar-refractivity contribution < 1.29 is 9.53 Å². The fourth-order valence-electron chi connectivity index (χ4n) is 3.75. The second-order valence-electron chi connectivity index (χ2n) is 6.90. The number of hydrogen-bond acceptors (Lipinski definition) is 5. The number of rotatable bonds is 5. The predicted octanol–water partition coefficient (Wildman–Crippen LogP) is 1.65. The zero-order chi connectivity index (χ0) is 17.1. The smallest absolute Gasteiger partial charge is 0.252 e. The maximum atomic E-state index is 12.4. The first kappa shape index (κ1) is 16.5. The highest BCUT2D eigenvalue weighted by atomic mass is 16.5. The first-order valence-corrected chi connectivity index (χ1v) is 9.24. The van der Waals surface area contributed by atoms with Gasteiger partial charge in [-0.1, -0.05) is 12.8 Å². The average molecular weight is 343 g/mol. The third-order valence-corrected chi connectivity index (χ3v) is 5.15. The van der Waals surface area contributed by atoms with E-state index < -0.39 is 0 Å². The van der Waals surface area contributed by atoms with Crippen LogP contribution in [0.3, 0.4) is 0 Å². The lowest BCUT2D eigenvalue weighted by atomic mass is 10.2. The Morgan fingerprint density at radius 3 is 3.04 bits per heavy atom. The van der Waals surface area contributed by atoms with E-state index in [9.17, 15) is 4.79 Å². The van der Waals surface area contributed by atoms with Gasteiger partial charge in [-0.25, -0.2) is 9.97 Å². The number of ether oxygens (including phenoxy) is 1. The summed E-state index contributed by atoms with van der Waals surface area (Å²) < 4.78 is 7.80. The van der Waals surface area contributed by atoms with Gasteiger partial charge in [-0.2, -0.15) is 0 Å². The zero-order valence-electron chi connectivity index (χ0n) is 14.4. The van der Waals surface area contributed by atoms with Crippen LogP contribution in [0.5, 0.6) is 0 Å². The maximum Gasteiger partial charge on any atom is 0.252 e. The van der Waals surface area contributed by atoms with Crippen molar-refractivity contribution in [3.63, 3.8) is 0 Å². The molecule has 0 aromatic carbocycles. The summed E-state index contributed by atoms with van der Waals surface area (Å²) in [5.41, 5.74) is 2.23. The zero-order valence-corrected chi connectivity index (χ0v) is 14.4. The van der Waals surface area contributed by atoms with Crippen molar-refractivity contribution in [2.45, 2.75) is 44.2 Å². The molecule has 2 N–H and O–H groups in total. The summed E-state index contributed by atoms with van der Waals surface area (Å²) in [6.07, 6.45) is 9.42. The van der Waals surface area contributed by atoms with Crippen LogP contribution < -0.4 is 10.6 Å². The molecule has 1 saturated carbocycles. The highest BCUT2D eigenvalue weighted by Crippen LogP contribution is 2.31. The average Bonchev–Trinajstić information content (AvgIpc) is 3.31. The minimum Gasteiger partial charge on any atom is -0.376 e. The number of imidazole rings is 1. The highest BCUT2D eigenvalue weighted by Gasteiger charge is 2.20. The van der Waals surface area contributed by atoms with Crippen LogP contribution in [0.4, 0.5) is 0 Å². The van der Waals surface area contributed by atoms with E-state index in [4.69, 9.17) is 4.74 Å². The van der Waals surface area contributed by atoms with E-state index in [0.717, 1.165) is 37.3 Å². The summed E-state index contributed by atoms with van der Waals surface area (Å²) in [4.78, 5) is 21.3. The predicted molar refractivity (Wildman–Crippen MR) is 94.6 cm³/mol.